The van der Waals surface area contributed by atoms with Crippen molar-refractivity contribution in [3.8, 4) is 0 Å². The van der Waals surface area contributed by atoms with Crippen molar-refractivity contribution in [3.63, 3.8) is 0 Å². The number of thiol groups is 1. The Bertz CT molecular complexity index is 735. The van der Waals surface area contributed by atoms with E-state index >= 15 is 0 Å². The number of aliphatic carboxylic acids is 1. The van der Waals surface area contributed by atoms with Crippen LogP contribution in [0.25, 0.3) is 0 Å². The summed E-state index contributed by atoms with van der Waals surface area (Å²) >= 11 is 3.91. The third-order valence-corrected chi connectivity index (χ3v) is 5.33. The number of carboxylic acids is 1. The number of amides is 5. The third-order valence-electron chi connectivity index (χ3n) is 4.94. The predicted octanol–water partition coefficient (Wildman–Crippen LogP) is -2.64. The van der Waals surface area contributed by atoms with Crippen LogP contribution < -0.4 is 33.2 Å². The van der Waals surface area contributed by atoms with Crippen LogP contribution in [0.3, 0.4) is 0 Å². The second kappa shape index (κ2) is 15.1. The normalized spacial score (nSPS) is 15.3. The number of nitrogens with one attached hydrogen (secondary N) is 3. The average molecular weight is 491 g/mol. The van der Waals surface area contributed by atoms with Gasteiger partial charge in [-0.2, -0.15) is 12.6 Å². The van der Waals surface area contributed by atoms with E-state index in [0.29, 0.717) is 6.42 Å². The highest BCUT2D eigenvalue weighted by atomic mass is 32.1. The first-order chi connectivity index (χ1) is 15.3. The molecule has 0 aliphatic carbocycles. The van der Waals surface area contributed by atoms with E-state index in [9.17, 15) is 33.9 Å². The van der Waals surface area contributed by atoms with Gasteiger partial charge in [-0.05, 0) is 18.8 Å². The molecule has 0 spiro atoms. The number of nitrogens with two attached hydrogens (primary N) is 3. The Morgan fingerprint density at radius 3 is 1.64 bits per heavy atom. The molecule has 0 fully saturated rings. The van der Waals surface area contributed by atoms with E-state index in [1.807, 2.05) is 0 Å². The van der Waals surface area contributed by atoms with Crippen molar-refractivity contribution in [2.45, 2.75) is 70.1 Å². The van der Waals surface area contributed by atoms with Crippen molar-refractivity contribution in [2.24, 2.45) is 23.1 Å². The topological polar surface area (TPSA) is 237 Å². The second-order valence-corrected chi connectivity index (χ2v) is 8.00. The zero-order valence-corrected chi connectivity index (χ0v) is 19.6. The van der Waals surface area contributed by atoms with Crippen molar-refractivity contribution in [1.29, 1.82) is 0 Å². The predicted molar refractivity (Wildman–Crippen MR) is 122 cm³/mol. The first-order valence-electron chi connectivity index (χ1n) is 10.4. The Labute approximate surface area is 197 Å². The highest BCUT2D eigenvalue weighted by molar-refractivity contribution is 7.80. The summed E-state index contributed by atoms with van der Waals surface area (Å²) in [6.07, 6.45) is -0.459. The van der Waals surface area contributed by atoms with Gasteiger partial charge in [-0.15, -0.1) is 0 Å². The zero-order valence-electron chi connectivity index (χ0n) is 18.7. The summed E-state index contributed by atoms with van der Waals surface area (Å²) < 4.78 is 0. The Balaban J connectivity index is 5.63. The SMILES string of the molecule is CCC(C)C(NC(=O)C(CCC(N)=O)NC(=O)C(CCC(N)=O)NC(=O)C(N)CS)C(=O)O. The molecule has 188 valence electrons. The van der Waals surface area contributed by atoms with E-state index in [2.05, 4.69) is 28.6 Å². The summed E-state index contributed by atoms with van der Waals surface area (Å²) in [7, 11) is 0. The van der Waals surface area contributed by atoms with Crippen LogP contribution in [-0.2, 0) is 28.8 Å². The van der Waals surface area contributed by atoms with Gasteiger partial charge >= 0.3 is 5.97 Å². The van der Waals surface area contributed by atoms with Gasteiger partial charge in [0.15, 0.2) is 0 Å². The Hall–Kier alpha value is -2.87. The molecular weight excluding hydrogens is 456 g/mol. The lowest BCUT2D eigenvalue weighted by molar-refractivity contribution is -0.144. The molecule has 5 unspecified atom stereocenters. The van der Waals surface area contributed by atoms with Crippen molar-refractivity contribution in [3.05, 3.63) is 0 Å². The molecule has 13 nitrogen and oxygen atoms in total. The first kappa shape index (κ1) is 30.1. The van der Waals surface area contributed by atoms with E-state index in [-0.39, 0.29) is 31.4 Å². The third kappa shape index (κ3) is 11.5. The Morgan fingerprint density at radius 2 is 1.27 bits per heavy atom. The number of hydrogen-bond acceptors (Lipinski definition) is 8. The summed E-state index contributed by atoms with van der Waals surface area (Å²) in [5, 5.41) is 16.5. The van der Waals surface area contributed by atoms with E-state index in [1.54, 1.807) is 13.8 Å². The minimum Gasteiger partial charge on any atom is -0.480 e. The largest absolute Gasteiger partial charge is 0.480 e. The van der Waals surface area contributed by atoms with E-state index in [4.69, 9.17) is 17.2 Å². The van der Waals surface area contributed by atoms with Crippen molar-refractivity contribution in [1.82, 2.24) is 16.0 Å². The Kier molecular flexibility index (Phi) is 13.7. The van der Waals surface area contributed by atoms with Crippen molar-refractivity contribution < 1.29 is 33.9 Å². The van der Waals surface area contributed by atoms with E-state index in [1.165, 1.54) is 0 Å². The highest BCUT2D eigenvalue weighted by Gasteiger charge is 2.32. The average Bonchev–Trinajstić information content (AvgIpc) is 2.75. The van der Waals surface area contributed by atoms with Crippen LogP contribution in [0.5, 0.6) is 0 Å². The second-order valence-electron chi connectivity index (χ2n) is 7.63. The van der Waals surface area contributed by atoms with Gasteiger partial charge in [-0.3, -0.25) is 24.0 Å². The van der Waals surface area contributed by atoms with Crippen molar-refractivity contribution >= 4 is 48.1 Å². The maximum atomic E-state index is 12.8. The van der Waals surface area contributed by atoms with Crippen LogP contribution in [-0.4, -0.2) is 70.5 Å². The summed E-state index contributed by atoms with van der Waals surface area (Å²) in [6.45, 7) is 3.39. The molecule has 0 radical (unpaired) electrons. The molecule has 0 saturated heterocycles. The molecule has 0 heterocycles. The molecule has 0 aromatic heterocycles. The van der Waals surface area contributed by atoms with Crippen LogP contribution in [0.2, 0.25) is 0 Å². The summed E-state index contributed by atoms with van der Waals surface area (Å²) in [4.78, 5) is 71.6. The van der Waals surface area contributed by atoms with Gasteiger partial charge in [0.2, 0.25) is 29.5 Å². The molecule has 0 bridgehead atoms. The molecule has 5 amide bonds. The van der Waals surface area contributed by atoms with E-state index < -0.39 is 65.6 Å². The van der Waals surface area contributed by atoms with Crippen LogP contribution in [0, 0.1) is 5.92 Å². The molecule has 5 atom stereocenters. The molecule has 0 aliphatic heterocycles. The molecule has 33 heavy (non-hydrogen) atoms. The monoisotopic (exact) mass is 490 g/mol. The zero-order chi connectivity index (χ0) is 25.7. The maximum absolute atomic E-state index is 12.8. The minimum absolute atomic E-state index is 0.00811. The molecule has 10 N–H and O–H groups in total. The molecule has 14 heteroatoms. The van der Waals surface area contributed by atoms with Gasteiger partial charge in [0.1, 0.15) is 18.1 Å². The molecule has 0 aromatic carbocycles. The fourth-order valence-corrected chi connectivity index (χ4v) is 2.85. The summed E-state index contributed by atoms with van der Waals surface area (Å²) in [5.41, 5.74) is 15.9. The number of rotatable bonds is 16. The lowest BCUT2D eigenvalue weighted by Crippen LogP contribution is -2.58. The standard InChI is InChI=1S/C19H34N6O7S/c1-3-9(2)15(19(31)32)25-18(30)12(5-7-14(22)27)24-17(29)11(4-6-13(21)26)23-16(28)10(20)8-33/h9-12,15,33H,3-8,20H2,1-2H3,(H2,21,26)(H2,22,27)(H,23,28)(H,24,29)(H,25,30)(H,31,32). The molecule has 0 aliphatic rings. The van der Waals surface area contributed by atoms with E-state index in [0.717, 1.165) is 0 Å². The van der Waals surface area contributed by atoms with Gasteiger partial charge in [0, 0.05) is 18.6 Å². The lowest BCUT2D eigenvalue weighted by Gasteiger charge is -2.26. The van der Waals surface area contributed by atoms with Crippen LogP contribution in [0.15, 0.2) is 0 Å². The van der Waals surface area contributed by atoms with Gasteiger partial charge in [0.25, 0.3) is 0 Å². The number of carboxylic acid groups (broad SMARTS) is 1. The smallest absolute Gasteiger partial charge is 0.326 e. The van der Waals surface area contributed by atoms with Crippen molar-refractivity contribution in [2.75, 3.05) is 5.75 Å². The van der Waals surface area contributed by atoms with Gasteiger partial charge in [0.05, 0.1) is 6.04 Å². The number of carbonyl (C=O) groups excluding carboxylic acids is 5. The fraction of sp³-hybridized carbons (Fsp3) is 0.684. The van der Waals surface area contributed by atoms with Gasteiger partial charge in [-0.25, -0.2) is 4.79 Å². The number of hydrogen-bond donors (Lipinski definition) is 8. The molecule has 0 rings (SSSR count). The fourth-order valence-electron chi connectivity index (χ4n) is 2.68. The molecule has 0 saturated carbocycles. The first-order valence-corrected chi connectivity index (χ1v) is 11.0. The maximum Gasteiger partial charge on any atom is 0.326 e. The quantitative estimate of drug-likeness (QED) is 0.106. The number of carbonyl (C=O) groups is 6. The van der Waals surface area contributed by atoms with Crippen LogP contribution >= 0.6 is 12.6 Å². The Morgan fingerprint density at radius 1 is 0.848 bits per heavy atom. The van der Waals surface area contributed by atoms with Gasteiger partial charge < -0.3 is 38.3 Å². The van der Waals surface area contributed by atoms with Crippen LogP contribution in [0.1, 0.15) is 46.0 Å². The minimum atomic E-state index is -1.33. The number of primary amides is 2. The van der Waals surface area contributed by atoms with Gasteiger partial charge in [-0.1, -0.05) is 20.3 Å². The molecular formula is C19H34N6O7S. The van der Waals surface area contributed by atoms with Crippen LogP contribution in [0.4, 0.5) is 0 Å². The lowest BCUT2D eigenvalue weighted by atomic mass is 9.98. The highest BCUT2D eigenvalue weighted by Crippen LogP contribution is 2.10. The summed E-state index contributed by atoms with van der Waals surface area (Å²) in [5.74, 6) is -5.55. The summed E-state index contributed by atoms with van der Waals surface area (Å²) in [6, 6.07) is -4.86. The molecule has 0 aromatic rings.